The van der Waals surface area contributed by atoms with Crippen molar-refractivity contribution in [1.29, 1.82) is 5.26 Å². The highest BCUT2D eigenvalue weighted by Gasteiger charge is 2.14. The van der Waals surface area contributed by atoms with Crippen LogP contribution in [-0.2, 0) is 6.42 Å². The van der Waals surface area contributed by atoms with Gasteiger partial charge in [0.05, 0.1) is 18.2 Å². The largest absolute Gasteiger partial charge is 0.280 e. The molecule has 0 N–H and O–H groups in total. The minimum absolute atomic E-state index is 0.0643. The molecule has 2 nitrogen and oxygen atoms in total. The third-order valence-corrected chi connectivity index (χ3v) is 4.56. The second-order valence-corrected chi connectivity index (χ2v) is 4.67. The van der Waals surface area contributed by atoms with Crippen LogP contribution >= 0.6 is 45.2 Å². The van der Waals surface area contributed by atoms with E-state index in [0.29, 0.717) is 9.26 Å². The normalized spacial score (nSPS) is 10.3. The standard InChI is InChI=1S/C8H4F2I2N2/c9-8(10)6-3-4(11)7(12)5(14-6)1-2-13/h3,8H,1H2. The number of aromatic nitrogens is 1. The highest BCUT2D eigenvalue weighted by molar-refractivity contribution is 14.1. The Balaban J connectivity index is 3.22. The van der Waals surface area contributed by atoms with E-state index in [0.717, 1.165) is 3.57 Å². The second kappa shape index (κ2) is 5.16. The smallest absolute Gasteiger partial charge is 0.250 e. The van der Waals surface area contributed by atoms with Gasteiger partial charge in [0.2, 0.25) is 0 Å². The molecular weight excluding hydrogens is 416 g/mol. The Labute approximate surface area is 107 Å². The van der Waals surface area contributed by atoms with Crippen LogP contribution in [-0.4, -0.2) is 4.98 Å². The van der Waals surface area contributed by atoms with Crippen LogP contribution in [0, 0.1) is 18.5 Å². The van der Waals surface area contributed by atoms with Crippen molar-refractivity contribution in [3.63, 3.8) is 0 Å². The third kappa shape index (κ3) is 2.73. The van der Waals surface area contributed by atoms with Crippen molar-refractivity contribution in [1.82, 2.24) is 4.98 Å². The molecule has 0 bridgehead atoms. The van der Waals surface area contributed by atoms with Crippen LogP contribution in [0.1, 0.15) is 17.8 Å². The van der Waals surface area contributed by atoms with Crippen LogP contribution in [0.4, 0.5) is 8.78 Å². The van der Waals surface area contributed by atoms with E-state index in [9.17, 15) is 8.78 Å². The number of hydrogen-bond acceptors (Lipinski definition) is 2. The van der Waals surface area contributed by atoms with Gasteiger partial charge in [-0.15, -0.1) is 0 Å². The van der Waals surface area contributed by atoms with E-state index < -0.39 is 6.43 Å². The molecule has 6 heteroatoms. The fraction of sp³-hybridized carbons (Fsp3) is 0.250. The van der Waals surface area contributed by atoms with Crippen molar-refractivity contribution in [3.8, 4) is 6.07 Å². The highest BCUT2D eigenvalue weighted by Crippen LogP contribution is 2.24. The van der Waals surface area contributed by atoms with E-state index in [4.69, 9.17) is 5.26 Å². The summed E-state index contributed by atoms with van der Waals surface area (Å²) in [5, 5.41) is 8.48. The van der Waals surface area contributed by atoms with Crippen LogP contribution in [0.15, 0.2) is 6.07 Å². The summed E-state index contributed by atoms with van der Waals surface area (Å²) >= 11 is 3.96. The van der Waals surface area contributed by atoms with Gasteiger partial charge < -0.3 is 0 Å². The molecule has 0 spiro atoms. The van der Waals surface area contributed by atoms with Crippen molar-refractivity contribution in [2.24, 2.45) is 0 Å². The number of halogens is 4. The molecule has 0 amide bonds. The predicted molar refractivity (Wildman–Crippen MR) is 63.9 cm³/mol. The second-order valence-electron chi connectivity index (χ2n) is 2.43. The first-order valence-electron chi connectivity index (χ1n) is 3.56. The monoisotopic (exact) mass is 420 g/mol. The molecule has 0 radical (unpaired) electrons. The van der Waals surface area contributed by atoms with E-state index in [1.54, 1.807) is 0 Å². The minimum atomic E-state index is -2.59. The summed E-state index contributed by atoms with van der Waals surface area (Å²) in [6.07, 6.45) is -2.52. The minimum Gasteiger partial charge on any atom is -0.250 e. The molecule has 1 heterocycles. The fourth-order valence-electron chi connectivity index (χ4n) is 0.872. The molecule has 0 fully saturated rings. The first-order chi connectivity index (χ1) is 6.56. The van der Waals surface area contributed by atoms with Gasteiger partial charge in [-0.1, -0.05) is 0 Å². The van der Waals surface area contributed by atoms with Crippen LogP contribution < -0.4 is 0 Å². The van der Waals surface area contributed by atoms with Crippen LogP contribution in [0.5, 0.6) is 0 Å². The zero-order valence-electron chi connectivity index (χ0n) is 6.77. The van der Waals surface area contributed by atoms with Gasteiger partial charge in [-0.3, -0.25) is 0 Å². The molecule has 1 aromatic heterocycles. The number of rotatable bonds is 2. The maximum absolute atomic E-state index is 12.3. The van der Waals surface area contributed by atoms with E-state index >= 15 is 0 Å². The van der Waals surface area contributed by atoms with Crippen molar-refractivity contribution < 1.29 is 8.78 Å². The molecule has 74 valence electrons. The summed E-state index contributed by atoms with van der Waals surface area (Å²) in [6.45, 7) is 0. The van der Waals surface area contributed by atoms with Crippen LogP contribution in [0.2, 0.25) is 0 Å². The Kier molecular flexibility index (Phi) is 4.43. The lowest BCUT2D eigenvalue weighted by Crippen LogP contribution is -2.01. The Morgan fingerprint density at radius 1 is 1.50 bits per heavy atom. The van der Waals surface area contributed by atoms with E-state index in [2.05, 4.69) is 4.98 Å². The van der Waals surface area contributed by atoms with Gasteiger partial charge in [0.1, 0.15) is 5.69 Å². The third-order valence-electron chi connectivity index (χ3n) is 1.47. The first-order valence-corrected chi connectivity index (χ1v) is 5.72. The summed E-state index contributed by atoms with van der Waals surface area (Å²) in [5.74, 6) is 0. The first kappa shape index (κ1) is 12.0. The Bertz CT molecular complexity index is 388. The molecule has 0 aromatic carbocycles. The molecule has 0 unspecified atom stereocenters. The molecule has 0 aliphatic heterocycles. The Hall–Kier alpha value is -0.0400. The molecule has 0 atom stereocenters. The molecule has 0 saturated carbocycles. The fourth-order valence-corrected chi connectivity index (χ4v) is 1.97. The van der Waals surface area contributed by atoms with Gasteiger partial charge in [-0.05, 0) is 51.2 Å². The zero-order chi connectivity index (χ0) is 10.7. The molecule has 14 heavy (non-hydrogen) atoms. The van der Waals surface area contributed by atoms with Gasteiger partial charge in [-0.2, -0.15) is 5.26 Å². The van der Waals surface area contributed by atoms with Crippen molar-refractivity contribution >= 4 is 45.2 Å². The Morgan fingerprint density at radius 2 is 2.14 bits per heavy atom. The van der Waals surface area contributed by atoms with Crippen LogP contribution in [0.3, 0.4) is 0 Å². The number of hydrogen-bond donors (Lipinski definition) is 0. The lowest BCUT2D eigenvalue weighted by molar-refractivity contribution is 0.145. The summed E-state index contributed by atoms with van der Waals surface area (Å²) < 4.78 is 26.2. The summed E-state index contributed by atoms with van der Waals surface area (Å²) in [6, 6.07) is 3.24. The molecule has 0 saturated heterocycles. The van der Waals surface area contributed by atoms with Crippen molar-refractivity contribution in [2.75, 3.05) is 0 Å². The van der Waals surface area contributed by atoms with Crippen molar-refractivity contribution in [3.05, 3.63) is 24.6 Å². The number of nitriles is 1. The lowest BCUT2D eigenvalue weighted by Gasteiger charge is -2.05. The van der Waals surface area contributed by atoms with Gasteiger partial charge in [0, 0.05) is 7.14 Å². The summed E-state index contributed by atoms with van der Waals surface area (Å²) in [5.41, 5.74) is 0.162. The molecule has 0 aliphatic rings. The topological polar surface area (TPSA) is 36.7 Å². The molecule has 1 rings (SSSR count). The summed E-state index contributed by atoms with van der Waals surface area (Å²) in [4.78, 5) is 3.74. The van der Waals surface area contributed by atoms with Gasteiger partial charge in [0.25, 0.3) is 6.43 Å². The highest BCUT2D eigenvalue weighted by atomic mass is 127. The van der Waals surface area contributed by atoms with Gasteiger partial charge >= 0.3 is 0 Å². The SMILES string of the molecule is N#CCc1nc(C(F)F)cc(I)c1I. The molecular formula is C8H4F2I2N2. The van der Waals surface area contributed by atoms with E-state index in [1.165, 1.54) is 6.07 Å². The number of nitrogens with zero attached hydrogens (tertiary/aromatic N) is 2. The predicted octanol–water partition coefficient (Wildman–Crippen LogP) is 3.29. The average molecular weight is 420 g/mol. The van der Waals surface area contributed by atoms with E-state index in [-0.39, 0.29) is 12.1 Å². The quantitative estimate of drug-likeness (QED) is 0.690. The Morgan fingerprint density at radius 3 is 2.64 bits per heavy atom. The number of pyridine rings is 1. The number of alkyl halides is 2. The average Bonchev–Trinajstić information content (AvgIpc) is 2.12. The maximum atomic E-state index is 12.3. The summed E-state index contributed by atoms with van der Waals surface area (Å²) in [7, 11) is 0. The lowest BCUT2D eigenvalue weighted by atomic mass is 10.2. The maximum Gasteiger partial charge on any atom is 0.280 e. The van der Waals surface area contributed by atoms with Crippen molar-refractivity contribution in [2.45, 2.75) is 12.8 Å². The van der Waals surface area contributed by atoms with Crippen LogP contribution in [0.25, 0.3) is 0 Å². The molecule has 1 aromatic rings. The molecule has 0 aliphatic carbocycles. The zero-order valence-corrected chi connectivity index (χ0v) is 11.1. The van der Waals surface area contributed by atoms with Gasteiger partial charge in [-0.25, -0.2) is 13.8 Å². The van der Waals surface area contributed by atoms with Gasteiger partial charge in [0.15, 0.2) is 0 Å². The van der Waals surface area contributed by atoms with E-state index in [1.807, 2.05) is 51.3 Å².